The summed E-state index contributed by atoms with van der Waals surface area (Å²) in [7, 11) is 0. The average molecular weight is 368 g/mol. The van der Waals surface area contributed by atoms with Gasteiger partial charge in [0.05, 0.1) is 6.10 Å². The summed E-state index contributed by atoms with van der Waals surface area (Å²) >= 11 is 0. The second-order valence-electron chi connectivity index (χ2n) is 7.40. The molecule has 0 saturated heterocycles. The summed E-state index contributed by atoms with van der Waals surface area (Å²) in [6, 6.07) is 26.0. The number of benzene rings is 3. The van der Waals surface area contributed by atoms with Crippen LogP contribution in [0.1, 0.15) is 47.3 Å². The molecule has 0 amide bonds. The Kier molecular flexibility index (Phi) is 5.12. The van der Waals surface area contributed by atoms with Crippen molar-refractivity contribution in [3.8, 4) is 5.75 Å². The molecule has 4 rings (SSSR count). The third-order valence-electron chi connectivity index (χ3n) is 5.04. The minimum absolute atomic E-state index is 0.118. The molecule has 0 N–H and O–H groups in total. The summed E-state index contributed by atoms with van der Waals surface area (Å²) in [5.74, 6) is 1.01. The fourth-order valence-electron chi connectivity index (χ4n) is 3.84. The third-order valence-corrected chi connectivity index (χ3v) is 5.04. The number of aryl methyl sites for hydroxylation is 1. The first kappa shape index (κ1) is 18.2. The molecule has 0 bridgehead atoms. The van der Waals surface area contributed by atoms with Crippen molar-refractivity contribution in [1.82, 2.24) is 0 Å². The van der Waals surface area contributed by atoms with Crippen LogP contribution in [0.25, 0.3) is 5.57 Å². The van der Waals surface area contributed by atoms with Gasteiger partial charge in [-0.05, 0) is 61.1 Å². The summed E-state index contributed by atoms with van der Waals surface area (Å²) in [5, 5.41) is 0. The Bertz CT molecular complexity index is 1010. The Hall–Kier alpha value is -3.13. The van der Waals surface area contributed by atoms with E-state index in [0.29, 0.717) is 0 Å². The Morgan fingerprint density at radius 2 is 1.54 bits per heavy atom. The van der Waals surface area contributed by atoms with E-state index in [-0.39, 0.29) is 11.9 Å². The summed E-state index contributed by atoms with van der Waals surface area (Å²) in [6.45, 7) is 4.07. The molecule has 2 nitrogen and oxygen atoms in total. The van der Waals surface area contributed by atoms with E-state index in [0.717, 1.165) is 46.4 Å². The van der Waals surface area contributed by atoms with Crippen molar-refractivity contribution in [3.63, 3.8) is 0 Å². The number of carbonyl (C=O) groups is 1. The van der Waals surface area contributed by atoms with Crippen LogP contribution in [-0.4, -0.2) is 11.9 Å². The molecule has 1 aliphatic carbocycles. The van der Waals surface area contributed by atoms with Crippen LogP contribution in [0.3, 0.4) is 0 Å². The topological polar surface area (TPSA) is 26.3 Å². The second-order valence-corrected chi connectivity index (χ2v) is 7.40. The summed E-state index contributed by atoms with van der Waals surface area (Å²) < 4.78 is 5.88. The average Bonchev–Trinajstić information content (AvgIpc) is 2.73. The Balaban J connectivity index is 1.86. The highest BCUT2D eigenvalue weighted by atomic mass is 16.5. The molecule has 3 aromatic rings. The lowest BCUT2D eigenvalue weighted by Gasteiger charge is -2.24. The maximum absolute atomic E-state index is 13.3. The Morgan fingerprint density at radius 3 is 2.21 bits per heavy atom. The van der Waals surface area contributed by atoms with E-state index in [9.17, 15) is 4.79 Å². The van der Waals surface area contributed by atoms with Crippen LogP contribution in [0.15, 0.2) is 84.4 Å². The van der Waals surface area contributed by atoms with Gasteiger partial charge in [-0.1, -0.05) is 66.7 Å². The van der Waals surface area contributed by atoms with Crippen molar-refractivity contribution in [1.29, 1.82) is 0 Å². The largest absolute Gasteiger partial charge is 0.491 e. The highest BCUT2D eigenvalue weighted by Crippen LogP contribution is 2.39. The maximum atomic E-state index is 13.3. The van der Waals surface area contributed by atoms with Crippen molar-refractivity contribution in [2.24, 2.45) is 0 Å². The van der Waals surface area contributed by atoms with Crippen LogP contribution in [-0.2, 0) is 6.42 Å². The highest BCUT2D eigenvalue weighted by molar-refractivity contribution is 6.15. The standard InChI is InChI=1S/C26H24O2/c1-18(2)28-22-14-16-23-21(17-22)13-15-24(25(23)19-9-5-3-6-10-19)26(27)20-11-7-4-8-12-20/h3-12,14,16-18H,13,15H2,1-2H3. The van der Waals surface area contributed by atoms with Crippen LogP contribution >= 0.6 is 0 Å². The molecule has 0 spiro atoms. The van der Waals surface area contributed by atoms with Crippen LogP contribution in [0.5, 0.6) is 5.75 Å². The van der Waals surface area contributed by atoms with Crippen LogP contribution < -0.4 is 4.74 Å². The molecule has 0 aromatic heterocycles. The lowest BCUT2D eigenvalue weighted by molar-refractivity contribution is 0.103. The monoisotopic (exact) mass is 368 g/mol. The quantitative estimate of drug-likeness (QED) is 0.508. The van der Waals surface area contributed by atoms with Gasteiger partial charge in [0.2, 0.25) is 0 Å². The molecule has 0 aliphatic heterocycles. The number of hydrogen-bond donors (Lipinski definition) is 0. The third kappa shape index (κ3) is 3.63. The molecule has 0 heterocycles. The lowest BCUT2D eigenvalue weighted by atomic mass is 9.79. The molecule has 0 fully saturated rings. The fourth-order valence-corrected chi connectivity index (χ4v) is 3.84. The van der Waals surface area contributed by atoms with Gasteiger partial charge in [0.25, 0.3) is 0 Å². The Morgan fingerprint density at radius 1 is 0.857 bits per heavy atom. The minimum atomic E-state index is 0.118. The van der Waals surface area contributed by atoms with Gasteiger partial charge in [-0.15, -0.1) is 0 Å². The molecule has 140 valence electrons. The molecule has 2 heteroatoms. The van der Waals surface area contributed by atoms with Gasteiger partial charge in [0.1, 0.15) is 5.75 Å². The van der Waals surface area contributed by atoms with Crippen molar-refractivity contribution in [2.75, 3.05) is 0 Å². The number of ether oxygens (including phenoxy) is 1. The predicted molar refractivity (Wildman–Crippen MR) is 114 cm³/mol. The molecule has 1 aliphatic rings. The number of fused-ring (bicyclic) bond motifs is 1. The normalized spacial score (nSPS) is 13.4. The zero-order valence-corrected chi connectivity index (χ0v) is 16.3. The number of rotatable bonds is 5. The molecule has 0 atom stereocenters. The molecular weight excluding hydrogens is 344 g/mol. The molecular formula is C26H24O2. The zero-order chi connectivity index (χ0) is 19.5. The lowest BCUT2D eigenvalue weighted by Crippen LogP contribution is -2.14. The van der Waals surface area contributed by atoms with Gasteiger partial charge in [0.15, 0.2) is 5.78 Å². The van der Waals surface area contributed by atoms with E-state index in [4.69, 9.17) is 4.74 Å². The molecule has 0 radical (unpaired) electrons. The van der Waals surface area contributed by atoms with E-state index in [1.54, 1.807) is 0 Å². The molecule has 0 unspecified atom stereocenters. The predicted octanol–water partition coefficient (Wildman–Crippen LogP) is 6.10. The maximum Gasteiger partial charge on any atom is 0.189 e. The van der Waals surface area contributed by atoms with Crippen LogP contribution in [0.4, 0.5) is 0 Å². The van der Waals surface area contributed by atoms with Crippen LogP contribution in [0.2, 0.25) is 0 Å². The smallest absolute Gasteiger partial charge is 0.189 e. The number of ketones is 1. The highest BCUT2D eigenvalue weighted by Gasteiger charge is 2.25. The van der Waals surface area contributed by atoms with E-state index >= 15 is 0 Å². The first-order valence-corrected chi connectivity index (χ1v) is 9.82. The van der Waals surface area contributed by atoms with Gasteiger partial charge in [-0.25, -0.2) is 0 Å². The van der Waals surface area contributed by atoms with E-state index < -0.39 is 0 Å². The number of allylic oxidation sites excluding steroid dienone is 1. The van der Waals surface area contributed by atoms with E-state index in [1.807, 2.05) is 68.4 Å². The fraction of sp³-hybridized carbons (Fsp3) is 0.192. The first-order valence-electron chi connectivity index (χ1n) is 9.82. The van der Waals surface area contributed by atoms with Gasteiger partial charge in [-0.2, -0.15) is 0 Å². The second kappa shape index (κ2) is 7.85. The van der Waals surface area contributed by atoms with Crippen molar-refractivity contribution in [2.45, 2.75) is 32.8 Å². The zero-order valence-electron chi connectivity index (χ0n) is 16.3. The molecule has 0 saturated carbocycles. The van der Waals surface area contributed by atoms with Gasteiger partial charge < -0.3 is 4.74 Å². The number of carbonyl (C=O) groups excluding carboxylic acids is 1. The summed E-state index contributed by atoms with van der Waals surface area (Å²) in [4.78, 5) is 13.3. The van der Waals surface area contributed by atoms with Crippen molar-refractivity contribution < 1.29 is 9.53 Å². The van der Waals surface area contributed by atoms with Gasteiger partial charge in [-0.3, -0.25) is 4.79 Å². The van der Waals surface area contributed by atoms with Crippen molar-refractivity contribution in [3.05, 3.63) is 107 Å². The van der Waals surface area contributed by atoms with Crippen LogP contribution in [0, 0.1) is 0 Å². The number of hydrogen-bond acceptors (Lipinski definition) is 2. The molecule has 28 heavy (non-hydrogen) atoms. The van der Waals surface area contributed by atoms with Gasteiger partial charge >= 0.3 is 0 Å². The Labute approximate surface area is 166 Å². The van der Waals surface area contributed by atoms with Crippen molar-refractivity contribution >= 4 is 11.4 Å². The van der Waals surface area contributed by atoms with Gasteiger partial charge in [0, 0.05) is 11.1 Å². The first-order chi connectivity index (χ1) is 13.6. The van der Waals surface area contributed by atoms with E-state index in [1.165, 1.54) is 5.56 Å². The molecule has 3 aromatic carbocycles. The summed E-state index contributed by atoms with van der Waals surface area (Å²) in [5.41, 5.74) is 6.14. The van der Waals surface area contributed by atoms with E-state index in [2.05, 4.69) is 24.3 Å². The SMILES string of the molecule is CC(C)Oc1ccc2c(c1)CCC(C(=O)c1ccccc1)=C2c1ccccc1. The number of Topliss-reactive ketones (excluding diaryl/α,β-unsaturated/α-hetero) is 1. The summed E-state index contributed by atoms with van der Waals surface area (Å²) in [6.07, 6.45) is 1.71. The minimum Gasteiger partial charge on any atom is -0.491 e.